The van der Waals surface area contributed by atoms with Crippen LogP contribution in [0.1, 0.15) is 46.0 Å². The van der Waals surface area contributed by atoms with Gasteiger partial charge in [-0.2, -0.15) is 0 Å². The monoisotopic (exact) mass is 755 g/mol. The fourth-order valence-electron chi connectivity index (χ4n) is 9.60. The molecule has 0 spiro atoms. The Labute approximate surface area is 345 Å². The average molecular weight is 756 g/mol. The number of nitrogens with zero attached hydrogens (tertiary/aromatic N) is 2. The number of fused-ring (bicyclic) bond motifs is 5. The minimum atomic E-state index is -0.587. The lowest BCUT2D eigenvalue weighted by molar-refractivity contribution is 0.659. The van der Waals surface area contributed by atoms with E-state index in [1.54, 1.807) is 0 Å². The highest BCUT2D eigenvalue weighted by Gasteiger charge is 2.48. The lowest BCUT2D eigenvalue weighted by Crippen LogP contribution is -2.35. The van der Waals surface area contributed by atoms with Gasteiger partial charge in [0.2, 0.25) is 0 Å². The largest absolute Gasteiger partial charge is 0.344 e. The zero-order chi connectivity index (χ0) is 39.2. The van der Waals surface area contributed by atoms with Crippen molar-refractivity contribution in [2.75, 3.05) is 0 Å². The molecule has 280 valence electrons. The molecule has 0 fully saturated rings. The van der Waals surface area contributed by atoms with Crippen molar-refractivity contribution in [3.63, 3.8) is 0 Å². The Morgan fingerprint density at radius 2 is 1.17 bits per heavy atom. The molecule has 0 saturated heterocycles. The summed E-state index contributed by atoms with van der Waals surface area (Å²) < 4.78 is 0. The van der Waals surface area contributed by atoms with Gasteiger partial charge in [0.25, 0.3) is 0 Å². The van der Waals surface area contributed by atoms with Crippen LogP contribution < -0.4 is 5.32 Å². The van der Waals surface area contributed by atoms with Gasteiger partial charge in [-0.15, -0.1) is 0 Å². The van der Waals surface area contributed by atoms with Crippen molar-refractivity contribution in [3.8, 4) is 33.4 Å². The quantitative estimate of drug-likeness (QED) is 0.173. The summed E-state index contributed by atoms with van der Waals surface area (Å²) in [5.41, 5.74) is 14.0. The average Bonchev–Trinajstić information content (AvgIpc) is 3.64. The summed E-state index contributed by atoms with van der Waals surface area (Å²) in [6.45, 7) is 0. The first-order chi connectivity index (χ1) is 29.3. The first-order valence-electron chi connectivity index (χ1n) is 20.6. The molecular weight excluding hydrogens is 715 g/mol. The predicted molar refractivity (Wildman–Crippen MR) is 245 cm³/mol. The van der Waals surface area contributed by atoms with E-state index in [1.807, 2.05) is 0 Å². The standard InChI is InChI=1S/C56H41N3/c1-6-19-38(20-7-1)49-36-43-25-16-17-32-47(43)52-51(49)48-34-33-42(37-50(48)56(52,45-28-12-4-13-29-45)46-30-14-5-15-31-46)41-26-18-27-44(35-41)55-58-53(39-21-8-2-9-22-39)57-54(59-55)40-23-10-3-11-24-40/h1-23,25-37,40,53H,24H2,(H,57,58,59). The molecule has 0 amide bonds. The molecular formula is C56H41N3. The second kappa shape index (κ2) is 14.5. The zero-order valence-corrected chi connectivity index (χ0v) is 32.5. The number of aliphatic imine (C=N–C) groups is 2. The normalized spacial score (nSPS) is 17.4. The first-order valence-corrected chi connectivity index (χ1v) is 20.6. The number of benzene rings is 8. The van der Waals surface area contributed by atoms with Crippen molar-refractivity contribution in [1.82, 2.24) is 5.32 Å². The third-order valence-electron chi connectivity index (χ3n) is 12.3. The van der Waals surface area contributed by atoms with Crippen LogP contribution >= 0.6 is 0 Å². The van der Waals surface area contributed by atoms with Crippen LogP contribution in [-0.2, 0) is 5.41 Å². The number of amidine groups is 2. The van der Waals surface area contributed by atoms with Crippen LogP contribution in [0.25, 0.3) is 44.2 Å². The summed E-state index contributed by atoms with van der Waals surface area (Å²) in [5.74, 6) is 1.82. The molecule has 3 nitrogen and oxygen atoms in total. The molecule has 3 heteroatoms. The van der Waals surface area contributed by atoms with Crippen molar-refractivity contribution in [3.05, 3.63) is 252 Å². The van der Waals surface area contributed by atoms with E-state index >= 15 is 0 Å². The van der Waals surface area contributed by atoms with E-state index in [4.69, 9.17) is 9.98 Å². The minimum Gasteiger partial charge on any atom is -0.344 e. The number of hydrogen-bond donors (Lipinski definition) is 1. The van der Waals surface area contributed by atoms with E-state index in [-0.39, 0.29) is 12.1 Å². The molecule has 3 aliphatic rings. The van der Waals surface area contributed by atoms with Crippen molar-refractivity contribution < 1.29 is 0 Å². The molecule has 1 aliphatic heterocycles. The maximum Gasteiger partial charge on any atom is 0.147 e. The molecule has 2 atom stereocenters. The number of nitrogens with one attached hydrogen (secondary N) is 1. The predicted octanol–water partition coefficient (Wildman–Crippen LogP) is 13.1. The van der Waals surface area contributed by atoms with Gasteiger partial charge in [-0.25, -0.2) is 9.98 Å². The SMILES string of the molecule is C1=CCC(C2=NC(c3ccccc3)NC(c3cccc(-c4ccc5c(c4)C(c4ccccc4)(c4ccccc4)c4c-5c(-c5ccccc5)cc5ccccc45)c3)=N2)C=C1. The molecule has 0 saturated carbocycles. The van der Waals surface area contributed by atoms with E-state index in [9.17, 15) is 0 Å². The van der Waals surface area contributed by atoms with Crippen LogP contribution in [0.4, 0.5) is 0 Å². The lowest BCUT2D eigenvalue weighted by atomic mass is 9.66. The molecule has 2 aliphatic carbocycles. The van der Waals surface area contributed by atoms with Gasteiger partial charge in [-0.3, -0.25) is 0 Å². The molecule has 8 aromatic rings. The van der Waals surface area contributed by atoms with Gasteiger partial charge >= 0.3 is 0 Å². The van der Waals surface area contributed by atoms with E-state index in [2.05, 4.69) is 224 Å². The Morgan fingerprint density at radius 3 is 1.90 bits per heavy atom. The molecule has 11 rings (SSSR count). The summed E-state index contributed by atoms with van der Waals surface area (Å²) in [7, 11) is 0. The number of rotatable bonds is 7. The molecule has 0 bridgehead atoms. The smallest absolute Gasteiger partial charge is 0.147 e. The lowest BCUT2D eigenvalue weighted by Gasteiger charge is -2.35. The maximum atomic E-state index is 5.21. The summed E-state index contributed by atoms with van der Waals surface area (Å²) in [6.07, 6.45) is 9.28. The van der Waals surface area contributed by atoms with Crippen molar-refractivity contribution in [2.45, 2.75) is 18.0 Å². The van der Waals surface area contributed by atoms with Gasteiger partial charge < -0.3 is 5.32 Å². The van der Waals surface area contributed by atoms with Gasteiger partial charge in [0.05, 0.1) is 5.41 Å². The van der Waals surface area contributed by atoms with Crippen molar-refractivity contribution in [2.24, 2.45) is 15.9 Å². The Bertz CT molecular complexity index is 2940. The fourth-order valence-corrected chi connectivity index (χ4v) is 9.60. The minimum absolute atomic E-state index is 0.130. The molecule has 0 radical (unpaired) electrons. The maximum absolute atomic E-state index is 5.21. The Kier molecular flexibility index (Phi) is 8.59. The summed E-state index contributed by atoms with van der Waals surface area (Å²) >= 11 is 0. The summed E-state index contributed by atoms with van der Waals surface area (Å²) in [5, 5.41) is 6.21. The topological polar surface area (TPSA) is 36.8 Å². The van der Waals surface area contributed by atoms with E-state index in [0.717, 1.165) is 40.3 Å². The van der Waals surface area contributed by atoms with Crippen LogP contribution in [0.2, 0.25) is 0 Å². The summed E-state index contributed by atoms with van der Waals surface area (Å²) in [6, 6.07) is 70.9. The van der Waals surface area contributed by atoms with Gasteiger partial charge in [-0.05, 0) is 96.6 Å². The highest BCUT2D eigenvalue weighted by atomic mass is 15.2. The van der Waals surface area contributed by atoms with Crippen molar-refractivity contribution >= 4 is 22.4 Å². The van der Waals surface area contributed by atoms with Gasteiger partial charge in [0, 0.05) is 11.5 Å². The second-order valence-electron chi connectivity index (χ2n) is 15.6. The molecule has 2 unspecified atom stereocenters. The van der Waals surface area contributed by atoms with Gasteiger partial charge in [0.15, 0.2) is 0 Å². The Balaban J connectivity index is 1.13. The van der Waals surface area contributed by atoms with Crippen LogP contribution in [-0.4, -0.2) is 11.7 Å². The number of allylic oxidation sites excluding steroid dienone is 3. The fraction of sp³-hybridized carbons (Fsp3) is 0.0714. The number of hydrogen-bond acceptors (Lipinski definition) is 3. The van der Waals surface area contributed by atoms with Crippen molar-refractivity contribution in [1.29, 1.82) is 0 Å². The molecule has 1 heterocycles. The molecule has 1 N–H and O–H groups in total. The highest BCUT2D eigenvalue weighted by molar-refractivity contribution is 6.10. The van der Waals surface area contributed by atoms with Gasteiger partial charge in [-0.1, -0.05) is 200 Å². The third-order valence-corrected chi connectivity index (χ3v) is 12.3. The van der Waals surface area contributed by atoms with Crippen LogP contribution in [0.5, 0.6) is 0 Å². The van der Waals surface area contributed by atoms with E-state index < -0.39 is 5.41 Å². The van der Waals surface area contributed by atoms with Gasteiger partial charge in [0.1, 0.15) is 17.8 Å². The Morgan fingerprint density at radius 1 is 0.525 bits per heavy atom. The first kappa shape index (κ1) is 34.9. The molecule has 59 heavy (non-hydrogen) atoms. The summed E-state index contributed by atoms with van der Waals surface area (Å²) in [4.78, 5) is 10.4. The second-order valence-corrected chi connectivity index (χ2v) is 15.6. The molecule has 8 aromatic carbocycles. The third kappa shape index (κ3) is 5.89. The van der Waals surface area contributed by atoms with Crippen LogP contribution in [0, 0.1) is 5.92 Å². The van der Waals surface area contributed by atoms with E-state index in [0.29, 0.717) is 0 Å². The Hall–Kier alpha value is -7.36. The van der Waals surface area contributed by atoms with E-state index in [1.165, 1.54) is 55.3 Å². The zero-order valence-electron chi connectivity index (χ0n) is 32.5. The molecule has 0 aromatic heterocycles. The van der Waals surface area contributed by atoms with Crippen LogP contribution in [0.15, 0.2) is 228 Å². The highest BCUT2D eigenvalue weighted by Crippen LogP contribution is 2.61. The van der Waals surface area contributed by atoms with Crippen LogP contribution in [0.3, 0.4) is 0 Å².